The summed E-state index contributed by atoms with van der Waals surface area (Å²) >= 11 is 0. The third-order valence-corrected chi connectivity index (χ3v) is 4.70. The van der Waals surface area contributed by atoms with Crippen LogP contribution in [0, 0.1) is 0 Å². The topological polar surface area (TPSA) is 131 Å². The molecule has 0 aliphatic rings. The van der Waals surface area contributed by atoms with E-state index in [2.05, 4.69) is 10.6 Å². The van der Waals surface area contributed by atoms with E-state index in [-0.39, 0.29) is 18.8 Å². The number of nitrogens with one attached hydrogen (secondary N) is 2. The number of nitrogens with two attached hydrogens (primary N) is 1. The van der Waals surface area contributed by atoms with Gasteiger partial charge in [0.15, 0.2) is 0 Å². The second-order valence-electron chi connectivity index (χ2n) is 7.23. The standard InChI is InChI=1S/C23H29N3O5/c1-2-3-9-19(26-23(30)31-15-17-7-5-4-6-8-17)22(29)25-20(21(24)28)14-16-10-12-18(27)13-11-16/h4-8,10-13,19-20,27H,2-3,9,14-15H2,1H3,(H2,24,28)(H,25,29)(H,26,30)/t19?,20-/m0/s1. The normalized spacial score (nSPS) is 12.4. The van der Waals surface area contributed by atoms with Crippen LogP contribution in [-0.2, 0) is 27.4 Å². The lowest BCUT2D eigenvalue weighted by molar-refractivity contribution is -0.128. The minimum Gasteiger partial charge on any atom is -0.508 e. The highest BCUT2D eigenvalue weighted by Gasteiger charge is 2.26. The zero-order valence-electron chi connectivity index (χ0n) is 17.5. The summed E-state index contributed by atoms with van der Waals surface area (Å²) in [5.74, 6) is -1.10. The Morgan fingerprint density at radius 1 is 0.968 bits per heavy atom. The molecule has 3 amide bonds. The summed E-state index contributed by atoms with van der Waals surface area (Å²) in [5.41, 5.74) is 7.01. The number of benzene rings is 2. The van der Waals surface area contributed by atoms with Crippen molar-refractivity contribution in [3.05, 3.63) is 65.7 Å². The highest BCUT2D eigenvalue weighted by atomic mass is 16.5. The van der Waals surface area contributed by atoms with Crippen molar-refractivity contribution in [3.8, 4) is 5.75 Å². The molecule has 0 saturated heterocycles. The monoisotopic (exact) mass is 427 g/mol. The molecular weight excluding hydrogens is 398 g/mol. The molecule has 8 heteroatoms. The average Bonchev–Trinajstić information content (AvgIpc) is 2.76. The first kappa shape index (κ1) is 23.7. The zero-order chi connectivity index (χ0) is 22.6. The molecule has 0 spiro atoms. The molecule has 0 fully saturated rings. The first-order valence-electron chi connectivity index (χ1n) is 10.2. The van der Waals surface area contributed by atoms with Gasteiger partial charge in [0.2, 0.25) is 11.8 Å². The van der Waals surface area contributed by atoms with Crippen LogP contribution in [0.4, 0.5) is 4.79 Å². The number of unbranched alkanes of at least 4 members (excludes halogenated alkanes) is 1. The van der Waals surface area contributed by atoms with Gasteiger partial charge in [-0.1, -0.05) is 62.2 Å². The third-order valence-electron chi connectivity index (χ3n) is 4.70. The van der Waals surface area contributed by atoms with Crippen LogP contribution in [0.2, 0.25) is 0 Å². The molecule has 2 rings (SSSR count). The van der Waals surface area contributed by atoms with Crippen molar-refractivity contribution in [3.63, 3.8) is 0 Å². The van der Waals surface area contributed by atoms with Gasteiger partial charge in [0, 0.05) is 6.42 Å². The number of ether oxygens (including phenoxy) is 1. The first-order valence-corrected chi connectivity index (χ1v) is 10.2. The maximum Gasteiger partial charge on any atom is 0.408 e. The van der Waals surface area contributed by atoms with Crippen molar-refractivity contribution in [1.82, 2.24) is 10.6 Å². The Hall–Kier alpha value is -3.55. The predicted octanol–water partition coefficient (Wildman–Crippen LogP) is 2.39. The van der Waals surface area contributed by atoms with Gasteiger partial charge in [-0.05, 0) is 29.7 Å². The van der Waals surface area contributed by atoms with E-state index < -0.39 is 30.0 Å². The smallest absolute Gasteiger partial charge is 0.408 e. The summed E-state index contributed by atoms with van der Waals surface area (Å²) in [6.45, 7) is 2.05. The number of rotatable bonds is 11. The molecule has 0 aromatic heterocycles. The number of carbonyl (C=O) groups is 3. The highest BCUT2D eigenvalue weighted by molar-refractivity contribution is 5.90. The number of hydrogen-bond donors (Lipinski definition) is 4. The van der Waals surface area contributed by atoms with E-state index in [1.165, 1.54) is 12.1 Å². The van der Waals surface area contributed by atoms with Crippen molar-refractivity contribution in [2.75, 3.05) is 0 Å². The van der Waals surface area contributed by atoms with E-state index in [1.807, 2.05) is 37.3 Å². The van der Waals surface area contributed by atoms with E-state index >= 15 is 0 Å². The summed E-state index contributed by atoms with van der Waals surface area (Å²) in [6, 6.07) is 13.7. The Labute approximate surface area is 181 Å². The molecule has 8 nitrogen and oxygen atoms in total. The second kappa shape index (κ2) is 12.2. The maximum absolute atomic E-state index is 12.8. The molecule has 2 aromatic rings. The van der Waals surface area contributed by atoms with E-state index in [0.717, 1.165) is 17.5 Å². The maximum atomic E-state index is 12.8. The lowest BCUT2D eigenvalue weighted by Gasteiger charge is -2.22. The molecule has 0 aliphatic heterocycles. The van der Waals surface area contributed by atoms with E-state index in [4.69, 9.17) is 10.5 Å². The molecule has 0 aliphatic carbocycles. The van der Waals surface area contributed by atoms with E-state index in [1.54, 1.807) is 12.1 Å². The molecule has 1 unspecified atom stereocenters. The highest BCUT2D eigenvalue weighted by Crippen LogP contribution is 2.12. The minimum absolute atomic E-state index is 0.0829. The van der Waals surface area contributed by atoms with E-state index in [9.17, 15) is 19.5 Å². The molecule has 2 aromatic carbocycles. The van der Waals surface area contributed by atoms with Crippen molar-refractivity contribution >= 4 is 17.9 Å². The van der Waals surface area contributed by atoms with Crippen LogP contribution < -0.4 is 16.4 Å². The van der Waals surface area contributed by atoms with Gasteiger partial charge < -0.3 is 26.2 Å². The molecule has 0 radical (unpaired) electrons. The number of primary amides is 1. The van der Waals surface area contributed by atoms with Gasteiger partial charge in [-0.25, -0.2) is 4.79 Å². The largest absolute Gasteiger partial charge is 0.508 e. The van der Waals surface area contributed by atoms with Crippen LogP contribution in [0.3, 0.4) is 0 Å². The molecule has 0 heterocycles. The molecule has 0 saturated carbocycles. The lowest BCUT2D eigenvalue weighted by atomic mass is 10.0. The summed E-state index contributed by atoms with van der Waals surface area (Å²) < 4.78 is 5.20. The van der Waals surface area contributed by atoms with Crippen LogP contribution in [-0.4, -0.2) is 35.1 Å². The molecule has 5 N–H and O–H groups in total. The first-order chi connectivity index (χ1) is 14.9. The van der Waals surface area contributed by atoms with Gasteiger partial charge >= 0.3 is 6.09 Å². The van der Waals surface area contributed by atoms with Gasteiger partial charge in [0.25, 0.3) is 0 Å². The molecular formula is C23H29N3O5. The van der Waals surface area contributed by atoms with Crippen LogP contribution >= 0.6 is 0 Å². The zero-order valence-corrected chi connectivity index (χ0v) is 17.5. The van der Waals surface area contributed by atoms with Crippen LogP contribution in [0.1, 0.15) is 37.3 Å². The molecule has 2 atom stereocenters. The summed E-state index contributed by atoms with van der Waals surface area (Å²) in [6.07, 6.45) is 1.38. The fraction of sp³-hybridized carbons (Fsp3) is 0.348. The Morgan fingerprint density at radius 2 is 1.65 bits per heavy atom. The Morgan fingerprint density at radius 3 is 2.26 bits per heavy atom. The number of alkyl carbamates (subject to hydrolysis) is 1. The number of phenols is 1. The molecule has 31 heavy (non-hydrogen) atoms. The average molecular weight is 428 g/mol. The molecule has 0 bridgehead atoms. The Balaban J connectivity index is 1.97. The predicted molar refractivity (Wildman–Crippen MR) is 116 cm³/mol. The number of hydrogen-bond acceptors (Lipinski definition) is 5. The Kier molecular flexibility index (Phi) is 9.35. The van der Waals surface area contributed by atoms with Gasteiger partial charge in [0.05, 0.1) is 0 Å². The fourth-order valence-corrected chi connectivity index (χ4v) is 2.95. The van der Waals surface area contributed by atoms with Gasteiger partial charge in [-0.3, -0.25) is 9.59 Å². The number of phenolic OH excluding ortho intramolecular Hbond substituents is 1. The Bertz CT molecular complexity index is 855. The molecule has 166 valence electrons. The summed E-state index contributed by atoms with van der Waals surface area (Å²) in [7, 11) is 0. The van der Waals surface area contributed by atoms with Crippen molar-refractivity contribution in [2.45, 2.75) is 51.3 Å². The quantitative estimate of drug-likeness (QED) is 0.437. The minimum atomic E-state index is -0.955. The summed E-state index contributed by atoms with van der Waals surface area (Å²) in [4.78, 5) is 36.9. The number of aromatic hydroxyl groups is 1. The van der Waals surface area contributed by atoms with Crippen LogP contribution in [0.5, 0.6) is 5.75 Å². The number of carbonyl (C=O) groups excluding carboxylic acids is 3. The van der Waals surface area contributed by atoms with Crippen molar-refractivity contribution in [2.24, 2.45) is 5.73 Å². The summed E-state index contributed by atoms with van der Waals surface area (Å²) in [5, 5.41) is 14.6. The second-order valence-corrected chi connectivity index (χ2v) is 7.23. The van der Waals surface area contributed by atoms with Gasteiger partial charge in [-0.2, -0.15) is 0 Å². The third kappa shape index (κ3) is 8.38. The SMILES string of the molecule is CCCCC(NC(=O)OCc1ccccc1)C(=O)N[C@@H](Cc1ccc(O)cc1)C(N)=O. The van der Waals surface area contributed by atoms with Crippen LogP contribution in [0.25, 0.3) is 0 Å². The van der Waals surface area contributed by atoms with Crippen molar-refractivity contribution in [1.29, 1.82) is 0 Å². The van der Waals surface area contributed by atoms with E-state index in [0.29, 0.717) is 12.8 Å². The fourth-order valence-electron chi connectivity index (χ4n) is 2.95. The van der Waals surface area contributed by atoms with Gasteiger partial charge in [-0.15, -0.1) is 0 Å². The number of amides is 3. The van der Waals surface area contributed by atoms with Gasteiger partial charge in [0.1, 0.15) is 24.4 Å². The van der Waals surface area contributed by atoms with Crippen LogP contribution in [0.15, 0.2) is 54.6 Å². The lowest BCUT2D eigenvalue weighted by Crippen LogP contribution is -2.53. The van der Waals surface area contributed by atoms with Crippen molar-refractivity contribution < 1.29 is 24.2 Å².